The summed E-state index contributed by atoms with van der Waals surface area (Å²) in [6, 6.07) is 18.6. The summed E-state index contributed by atoms with van der Waals surface area (Å²) in [5, 5.41) is 3.56. The maximum atomic E-state index is 3.56. The molecule has 1 aliphatic rings. The molecule has 116 valence electrons. The fourth-order valence-electron chi connectivity index (χ4n) is 2.87. The molecule has 2 aromatic rings. The molecule has 2 unspecified atom stereocenters. The van der Waals surface area contributed by atoms with E-state index in [9.17, 15) is 0 Å². The molecular formula is C19H24N2S. The number of hydrogen-bond acceptors (Lipinski definition) is 3. The fraction of sp³-hybridized carbons (Fsp3) is 0.368. The van der Waals surface area contributed by atoms with E-state index in [0.717, 1.165) is 13.1 Å². The van der Waals surface area contributed by atoms with Gasteiger partial charge in [0.15, 0.2) is 0 Å². The minimum atomic E-state index is 0.524. The highest BCUT2D eigenvalue weighted by Crippen LogP contribution is 2.36. The summed E-state index contributed by atoms with van der Waals surface area (Å²) in [6.45, 7) is 8.80. The van der Waals surface area contributed by atoms with Gasteiger partial charge in [-0.2, -0.15) is 0 Å². The van der Waals surface area contributed by atoms with Crippen LogP contribution in [0.1, 0.15) is 19.4 Å². The van der Waals surface area contributed by atoms with Gasteiger partial charge in [0.2, 0.25) is 0 Å². The van der Waals surface area contributed by atoms with Crippen LogP contribution < -0.4 is 10.2 Å². The largest absolute Gasteiger partial charge is 0.365 e. The second-order valence-corrected chi connectivity index (χ2v) is 7.31. The van der Waals surface area contributed by atoms with Crippen LogP contribution in [0.3, 0.4) is 0 Å². The van der Waals surface area contributed by atoms with E-state index in [1.165, 1.54) is 21.0 Å². The number of nitrogens with zero attached hydrogens (tertiary/aromatic N) is 1. The normalized spacial score (nSPS) is 21.9. The molecule has 1 fully saturated rings. The Labute approximate surface area is 137 Å². The number of hydrogen-bond donors (Lipinski definition) is 1. The molecule has 0 spiro atoms. The minimum absolute atomic E-state index is 0.524. The Morgan fingerprint density at radius 1 is 1.05 bits per heavy atom. The zero-order valence-electron chi connectivity index (χ0n) is 13.5. The Bertz CT molecular complexity index is 624. The zero-order chi connectivity index (χ0) is 15.5. The van der Waals surface area contributed by atoms with Crippen molar-refractivity contribution in [1.82, 2.24) is 5.32 Å². The minimum Gasteiger partial charge on any atom is -0.365 e. The summed E-state index contributed by atoms with van der Waals surface area (Å²) >= 11 is 1.86. The lowest BCUT2D eigenvalue weighted by atomic mass is 10.1. The van der Waals surface area contributed by atoms with E-state index >= 15 is 0 Å². The highest BCUT2D eigenvalue weighted by atomic mass is 32.2. The molecule has 0 bridgehead atoms. The van der Waals surface area contributed by atoms with Gasteiger partial charge in [0, 0.05) is 35.0 Å². The van der Waals surface area contributed by atoms with Gasteiger partial charge in [-0.25, -0.2) is 0 Å². The second kappa shape index (κ2) is 6.76. The molecule has 3 rings (SSSR count). The van der Waals surface area contributed by atoms with E-state index in [2.05, 4.69) is 79.5 Å². The lowest BCUT2D eigenvalue weighted by molar-refractivity contribution is 0.423. The van der Waals surface area contributed by atoms with E-state index < -0.39 is 0 Å². The molecule has 0 aromatic heterocycles. The Hall–Kier alpha value is -1.45. The van der Waals surface area contributed by atoms with E-state index in [0.29, 0.717) is 12.1 Å². The number of anilines is 1. The van der Waals surface area contributed by atoms with E-state index in [1.807, 2.05) is 11.8 Å². The van der Waals surface area contributed by atoms with Crippen molar-refractivity contribution in [3.05, 3.63) is 54.1 Å². The van der Waals surface area contributed by atoms with Crippen LogP contribution >= 0.6 is 11.8 Å². The maximum absolute atomic E-state index is 3.56. The summed E-state index contributed by atoms with van der Waals surface area (Å²) in [6.07, 6.45) is 0. The third kappa shape index (κ3) is 3.47. The van der Waals surface area contributed by atoms with Crippen LogP contribution in [0.15, 0.2) is 58.3 Å². The molecule has 22 heavy (non-hydrogen) atoms. The van der Waals surface area contributed by atoms with Crippen LogP contribution in [0, 0.1) is 6.92 Å². The predicted octanol–water partition coefficient (Wildman–Crippen LogP) is 4.33. The molecule has 1 saturated heterocycles. The van der Waals surface area contributed by atoms with Gasteiger partial charge < -0.3 is 10.2 Å². The van der Waals surface area contributed by atoms with Crippen LogP contribution in [-0.4, -0.2) is 25.2 Å². The van der Waals surface area contributed by atoms with Crippen LogP contribution in [-0.2, 0) is 0 Å². The van der Waals surface area contributed by atoms with Crippen molar-refractivity contribution in [3.8, 4) is 0 Å². The number of rotatable bonds is 3. The lowest BCUT2D eigenvalue weighted by Crippen LogP contribution is -2.54. The SMILES string of the molecule is Cc1ccc(Sc2ccccc2N2CC(C)NCC2C)cc1. The van der Waals surface area contributed by atoms with Crippen molar-refractivity contribution >= 4 is 17.4 Å². The second-order valence-electron chi connectivity index (χ2n) is 6.19. The molecule has 0 saturated carbocycles. The van der Waals surface area contributed by atoms with Crippen LogP contribution in [0.2, 0.25) is 0 Å². The van der Waals surface area contributed by atoms with E-state index in [-0.39, 0.29) is 0 Å². The van der Waals surface area contributed by atoms with Crippen molar-refractivity contribution in [2.45, 2.75) is 42.6 Å². The first-order chi connectivity index (χ1) is 10.6. The number of nitrogens with one attached hydrogen (secondary N) is 1. The highest BCUT2D eigenvalue weighted by Gasteiger charge is 2.24. The van der Waals surface area contributed by atoms with E-state index in [1.54, 1.807) is 0 Å². The van der Waals surface area contributed by atoms with E-state index in [4.69, 9.17) is 0 Å². The van der Waals surface area contributed by atoms with Crippen molar-refractivity contribution < 1.29 is 0 Å². The molecule has 1 N–H and O–H groups in total. The Morgan fingerprint density at radius 2 is 1.77 bits per heavy atom. The number of para-hydroxylation sites is 1. The first-order valence-corrected chi connectivity index (χ1v) is 8.78. The summed E-state index contributed by atoms with van der Waals surface area (Å²) in [7, 11) is 0. The highest BCUT2D eigenvalue weighted by molar-refractivity contribution is 7.99. The van der Waals surface area contributed by atoms with Crippen LogP contribution in [0.25, 0.3) is 0 Å². The average Bonchev–Trinajstić information content (AvgIpc) is 2.53. The smallest absolute Gasteiger partial charge is 0.0511 e. The standard InChI is InChI=1S/C19H24N2S/c1-14-8-10-17(11-9-14)22-19-7-5-4-6-18(19)21-13-15(2)20-12-16(21)3/h4-11,15-16,20H,12-13H2,1-3H3. The maximum Gasteiger partial charge on any atom is 0.0511 e. The first kappa shape index (κ1) is 15.4. The average molecular weight is 312 g/mol. The van der Waals surface area contributed by atoms with Gasteiger partial charge >= 0.3 is 0 Å². The first-order valence-electron chi connectivity index (χ1n) is 7.97. The summed E-state index contributed by atoms with van der Waals surface area (Å²) in [4.78, 5) is 5.18. The number of benzene rings is 2. The van der Waals surface area contributed by atoms with Gasteiger partial charge in [0.25, 0.3) is 0 Å². The van der Waals surface area contributed by atoms with Gasteiger partial charge in [-0.15, -0.1) is 0 Å². The van der Waals surface area contributed by atoms with Gasteiger partial charge in [0.1, 0.15) is 0 Å². The topological polar surface area (TPSA) is 15.3 Å². The quantitative estimate of drug-likeness (QED) is 0.908. The number of piperazine rings is 1. The molecule has 2 atom stereocenters. The molecule has 1 heterocycles. The third-order valence-corrected chi connectivity index (χ3v) is 5.26. The summed E-state index contributed by atoms with van der Waals surface area (Å²) < 4.78 is 0. The predicted molar refractivity (Wildman–Crippen MR) is 96.0 cm³/mol. The number of aryl methyl sites for hydroxylation is 1. The van der Waals surface area contributed by atoms with Crippen molar-refractivity contribution in [1.29, 1.82) is 0 Å². The van der Waals surface area contributed by atoms with Gasteiger partial charge in [-0.05, 0) is 45.0 Å². The van der Waals surface area contributed by atoms with Gasteiger partial charge in [0.05, 0.1) is 5.69 Å². The van der Waals surface area contributed by atoms with Crippen molar-refractivity contribution in [2.75, 3.05) is 18.0 Å². The van der Waals surface area contributed by atoms with Crippen molar-refractivity contribution in [3.63, 3.8) is 0 Å². The lowest BCUT2D eigenvalue weighted by Gasteiger charge is -2.40. The third-order valence-electron chi connectivity index (χ3n) is 4.19. The molecule has 1 aliphatic heterocycles. The molecule has 2 aromatic carbocycles. The molecule has 0 amide bonds. The molecule has 0 radical (unpaired) electrons. The van der Waals surface area contributed by atoms with Crippen LogP contribution in [0.4, 0.5) is 5.69 Å². The molecule has 0 aliphatic carbocycles. The van der Waals surface area contributed by atoms with Gasteiger partial charge in [-0.3, -0.25) is 0 Å². The zero-order valence-corrected chi connectivity index (χ0v) is 14.4. The van der Waals surface area contributed by atoms with Crippen LogP contribution in [0.5, 0.6) is 0 Å². The van der Waals surface area contributed by atoms with Gasteiger partial charge in [-0.1, -0.05) is 41.6 Å². The Balaban J connectivity index is 1.87. The Kier molecular flexibility index (Phi) is 4.74. The summed E-state index contributed by atoms with van der Waals surface area (Å²) in [5.41, 5.74) is 2.66. The molecule has 2 nitrogen and oxygen atoms in total. The monoisotopic (exact) mass is 312 g/mol. The fourth-order valence-corrected chi connectivity index (χ4v) is 3.83. The van der Waals surface area contributed by atoms with Crippen molar-refractivity contribution in [2.24, 2.45) is 0 Å². The summed E-state index contributed by atoms with van der Waals surface area (Å²) in [5.74, 6) is 0. The molecular weight excluding hydrogens is 288 g/mol. The molecule has 3 heteroatoms. The Morgan fingerprint density at radius 3 is 2.55 bits per heavy atom.